The number of amides is 1. The van der Waals surface area contributed by atoms with Crippen LogP contribution in [-0.2, 0) is 11.2 Å². The monoisotopic (exact) mass is 432 g/mol. The number of hydrogen-bond acceptors (Lipinski definition) is 3. The lowest BCUT2D eigenvalue weighted by molar-refractivity contribution is -0.131. The molecule has 0 N–H and O–H groups in total. The van der Waals surface area contributed by atoms with Gasteiger partial charge in [-0.1, -0.05) is 24.3 Å². The zero-order valence-electron chi connectivity index (χ0n) is 14.1. The Morgan fingerprint density at radius 2 is 1.96 bits per heavy atom. The number of nitrogens with zero attached hydrogens (tertiary/aromatic N) is 2. The Morgan fingerprint density at radius 1 is 1.19 bits per heavy atom. The highest BCUT2D eigenvalue weighted by Crippen LogP contribution is 2.34. The van der Waals surface area contributed by atoms with Crippen LogP contribution in [0.1, 0.15) is 29.3 Å². The van der Waals surface area contributed by atoms with Crippen molar-refractivity contribution in [2.24, 2.45) is 0 Å². The van der Waals surface area contributed by atoms with E-state index in [1.54, 1.807) is 29.5 Å². The van der Waals surface area contributed by atoms with Crippen LogP contribution in [0.3, 0.4) is 0 Å². The average Bonchev–Trinajstić information content (AvgIpc) is 3.10. The molecule has 0 saturated carbocycles. The summed E-state index contributed by atoms with van der Waals surface area (Å²) in [7, 11) is 0. The molecule has 1 amide bonds. The zero-order valence-corrected chi connectivity index (χ0v) is 16.5. The second kappa shape index (κ2) is 7.45. The van der Waals surface area contributed by atoms with Gasteiger partial charge in [-0.05, 0) is 52.5 Å². The molecule has 6 heteroatoms. The van der Waals surface area contributed by atoms with Gasteiger partial charge in [0.25, 0.3) is 0 Å². The Bertz CT molecular complexity index is 917. The smallest absolute Gasteiger partial charge is 0.227 e. The lowest BCUT2D eigenvalue weighted by Crippen LogP contribution is -2.38. The molecule has 3 aromatic rings. The van der Waals surface area contributed by atoms with E-state index in [9.17, 15) is 9.18 Å². The number of carbonyl (C=O) groups excluding carboxylic acids is 1. The molecule has 1 saturated heterocycles. The summed E-state index contributed by atoms with van der Waals surface area (Å²) in [4.78, 5) is 19.2. The molecular formula is C20H18BrFN2OS. The van der Waals surface area contributed by atoms with Crippen molar-refractivity contribution >= 4 is 43.4 Å². The molecule has 2 aromatic carbocycles. The number of piperidine rings is 1. The number of likely N-dealkylation sites (tertiary alicyclic amines) is 1. The maximum absolute atomic E-state index is 14.1. The molecule has 1 aromatic heterocycles. The lowest BCUT2D eigenvalue weighted by atomic mass is 9.97. The van der Waals surface area contributed by atoms with Crippen LogP contribution < -0.4 is 0 Å². The Balaban J connectivity index is 1.40. The normalized spacial score (nSPS) is 15.5. The molecule has 1 aliphatic rings. The second-order valence-electron chi connectivity index (χ2n) is 6.56. The number of benzene rings is 2. The Kier molecular flexibility index (Phi) is 5.05. The Morgan fingerprint density at radius 3 is 2.73 bits per heavy atom. The van der Waals surface area contributed by atoms with Gasteiger partial charge in [-0.15, -0.1) is 11.3 Å². The number of aromatic nitrogens is 1. The van der Waals surface area contributed by atoms with Crippen molar-refractivity contribution in [2.45, 2.75) is 25.2 Å². The summed E-state index contributed by atoms with van der Waals surface area (Å²) in [6.07, 6.45) is 1.93. The van der Waals surface area contributed by atoms with Crippen molar-refractivity contribution in [3.63, 3.8) is 0 Å². The Hall–Kier alpha value is -1.79. The van der Waals surface area contributed by atoms with Crippen LogP contribution in [0.15, 0.2) is 46.9 Å². The number of hydrogen-bond donors (Lipinski definition) is 0. The van der Waals surface area contributed by atoms with Crippen molar-refractivity contribution in [2.75, 3.05) is 13.1 Å². The topological polar surface area (TPSA) is 33.2 Å². The number of fused-ring (bicyclic) bond motifs is 1. The first kappa shape index (κ1) is 17.6. The van der Waals surface area contributed by atoms with Crippen LogP contribution >= 0.6 is 27.3 Å². The molecule has 4 rings (SSSR count). The molecule has 134 valence electrons. The predicted octanol–water partition coefficient (Wildman–Crippen LogP) is 5.15. The SMILES string of the molecule is O=C(Cc1cccc(Br)c1F)N1CCC(c2nc3ccccc3s2)CC1. The maximum atomic E-state index is 14.1. The van der Waals surface area contributed by atoms with Gasteiger partial charge in [-0.25, -0.2) is 9.37 Å². The number of rotatable bonds is 3. The summed E-state index contributed by atoms with van der Waals surface area (Å²) >= 11 is 4.92. The first-order valence-electron chi connectivity index (χ1n) is 8.68. The summed E-state index contributed by atoms with van der Waals surface area (Å²) in [6.45, 7) is 1.41. The molecule has 0 bridgehead atoms. The number of thiazole rings is 1. The van der Waals surface area contributed by atoms with E-state index in [1.165, 1.54) is 4.70 Å². The average molecular weight is 433 g/mol. The van der Waals surface area contributed by atoms with Crippen LogP contribution in [0.4, 0.5) is 4.39 Å². The first-order valence-corrected chi connectivity index (χ1v) is 10.3. The lowest BCUT2D eigenvalue weighted by Gasteiger charge is -2.31. The van der Waals surface area contributed by atoms with Crippen molar-refractivity contribution in [3.8, 4) is 0 Å². The predicted molar refractivity (Wildman–Crippen MR) is 106 cm³/mol. The van der Waals surface area contributed by atoms with Gasteiger partial charge in [0.2, 0.25) is 5.91 Å². The van der Waals surface area contributed by atoms with E-state index in [2.05, 4.69) is 22.0 Å². The highest BCUT2D eigenvalue weighted by atomic mass is 79.9. The fraction of sp³-hybridized carbons (Fsp3) is 0.300. The van der Waals surface area contributed by atoms with Gasteiger partial charge in [-0.2, -0.15) is 0 Å². The largest absolute Gasteiger partial charge is 0.342 e. The minimum atomic E-state index is -0.342. The molecule has 1 fully saturated rings. The molecule has 0 unspecified atom stereocenters. The summed E-state index contributed by atoms with van der Waals surface area (Å²) < 4.78 is 15.7. The fourth-order valence-electron chi connectivity index (χ4n) is 3.40. The number of para-hydroxylation sites is 1. The maximum Gasteiger partial charge on any atom is 0.227 e. The quantitative estimate of drug-likeness (QED) is 0.573. The van der Waals surface area contributed by atoms with Gasteiger partial charge in [0.05, 0.1) is 26.1 Å². The third-order valence-corrected chi connectivity index (χ3v) is 6.69. The van der Waals surface area contributed by atoms with E-state index < -0.39 is 0 Å². The molecule has 0 aliphatic carbocycles. The molecule has 2 heterocycles. The molecule has 0 spiro atoms. The summed E-state index contributed by atoms with van der Waals surface area (Å²) in [6, 6.07) is 13.3. The van der Waals surface area contributed by atoms with E-state index in [0.717, 1.165) is 23.4 Å². The number of halogens is 2. The molecule has 3 nitrogen and oxygen atoms in total. The molecule has 0 radical (unpaired) electrons. The van der Waals surface area contributed by atoms with E-state index in [0.29, 0.717) is 29.0 Å². The van der Waals surface area contributed by atoms with Crippen LogP contribution in [-0.4, -0.2) is 28.9 Å². The summed E-state index contributed by atoms with van der Waals surface area (Å²) in [5, 5.41) is 1.16. The van der Waals surface area contributed by atoms with Crippen molar-refractivity contribution in [3.05, 3.63) is 63.3 Å². The van der Waals surface area contributed by atoms with Gasteiger partial charge in [0.15, 0.2) is 0 Å². The van der Waals surface area contributed by atoms with E-state index >= 15 is 0 Å². The second-order valence-corrected chi connectivity index (χ2v) is 8.48. The van der Waals surface area contributed by atoms with E-state index in [-0.39, 0.29) is 18.1 Å². The van der Waals surface area contributed by atoms with Crippen LogP contribution in [0.2, 0.25) is 0 Å². The molecular weight excluding hydrogens is 415 g/mol. The van der Waals surface area contributed by atoms with Gasteiger partial charge >= 0.3 is 0 Å². The highest BCUT2D eigenvalue weighted by Gasteiger charge is 2.26. The minimum absolute atomic E-state index is 0.00949. The van der Waals surface area contributed by atoms with Gasteiger partial charge in [0.1, 0.15) is 5.82 Å². The highest BCUT2D eigenvalue weighted by molar-refractivity contribution is 9.10. The molecule has 0 atom stereocenters. The van der Waals surface area contributed by atoms with E-state index in [1.807, 2.05) is 23.1 Å². The fourth-order valence-corrected chi connectivity index (χ4v) is 4.94. The van der Waals surface area contributed by atoms with Crippen molar-refractivity contribution in [1.29, 1.82) is 0 Å². The Labute approximate surface area is 164 Å². The minimum Gasteiger partial charge on any atom is -0.342 e. The van der Waals surface area contributed by atoms with Crippen LogP contribution in [0, 0.1) is 5.82 Å². The summed E-state index contributed by atoms with van der Waals surface area (Å²) in [5.74, 6) is 0.0500. The standard InChI is InChI=1S/C20H18BrFN2OS/c21-15-5-3-4-14(19(15)22)12-18(25)24-10-8-13(9-11-24)20-23-16-6-1-2-7-17(16)26-20/h1-7,13H,8-12H2. The first-order chi connectivity index (χ1) is 12.6. The molecule has 26 heavy (non-hydrogen) atoms. The van der Waals surface area contributed by atoms with Gasteiger partial charge < -0.3 is 4.90 Å². The number of carbonyl (C=O) groups is 1. The van der Waals surface area contributed by atoms with Crippen molar-refractivity contribution in [1.82, 2.24) is 9.88 Å². The summed E-state index contributed by atoms with van der Waals surface area (Å²) in [5.41, 5.74) is 1.49. The zero-order chi connectivity index (χ0) is 18.1. The third kappa shape index (κ3) is 3.53. The van der Waals surface area contributed by atoms with Crippen LogP contribution in [0.5, 0.6) is 0 Å². The van der Waals surface area contributed by atoms with E-state index in [4.69, 9.17) is 4.98 Å². The molecule has 1 aliphatic heterocycles. The van der Waals surface area contributed by atoms with Gasteiger partial charge in [-0.3, -0.25) is 4.79 Å². The van der Waals surface area contributed by atoms with Crippen LogP contribution in [0.25, 0.3) is 10.2 Å². The van der Waals surface area contributed by atoms with Gasteiger partial charge in [0, 0.05) is 19.0 Å². The van der Waals surface area contributed by atoms with Crippen molar-refractivity contribution < 1.29 is 9.18 Å². The third-order valence-electron chi connectivity index (χ3n) is 4.88.